The van der Waals surface area contributed by atoms with Crippen LogP contribution in [0.5, 0.6) is 0 Å². The molecule has 17 heavy (non-hydrogen) atoms. The number of hydrogen-bond acceptors (Lipinski definition) is 4. The van der Waals surface area contributed by atoms with E-state index in [1.807, 2.05) is 7.05 Å². The quantitative estimate of drug-likeness (QED) is 0.742. The normalized spacial score (nSPS) is 30.2. The Labute approximate surface area is 102 Å². The van der Waals surface area contributed by atoms with Crippen molar-refractivity contribution in [2.45, 2.75) is 18.9 Å². The lowest BCUT2D eigenvalue weighted by molar-refractivity contribution is -0.143. The van der Waals surface area contributed by atoms with Crippen LogP contribution in [-0.4, -0.2) is 73.4 Å². The van der Waals surface area contributed by atoms with Crippen molar-refractivity contribution in [2.24, 2.45) is 5.92 Å². The molecule has 2 atom stereocenters. The predicted molar refractivity (Wildman–Crippen MR) is 64.0 cm³/mol. The number of nitrogens with zero attached hydrogens (tertiary/aromatic N) is 2. The van der Waals surface area contributed by atoms with Crippen LogP contribution >= 0.6 is 0 Å². The second-order valence-corrected chi connectivity index (χ2v) is 5.08. The minimum Gasteiger partial charge on any atom is -0.481 e. The minimum atomic E-state index is -0.736. The van der Waals surface area contributed by atoms with Crippen LogP contribution in [0.15, 0.2) is 0 Å². The smallest absolute Gasteiger partial charge is 0.310 e. The van der Waals surface area contributed by atoms with Gasteiger partial charge in [-0.05, 0) is 33.0 Å². The highest BCUT2D eigenvalue weighted by molar-refractivity contribution is 5.71. The predicted octanol–water partition coefficient (Wildman–Crippen LogP) is 0.114. The zero-order chi connectivity index (χ0) is 12.3. The largest absolute Gasteiger partial charge is 0.481 e. The van der Waals surface area contributed by atoms with Crippen LogP contribution < -0.4 is 0 Å². The van der Waals surface area contributed by atoms with E-state index in [9.17, 15) is 4.79 Å². The molecule has 2 unspecified atom stereocenters. The van der Waals surface area contributed by atoms with Gasteiger partial charge < -0.3 is 14.7 Å². The van der Waals surface area contributed by atoms with Gasteiger partial charge in [-0.1, -0.05) is 0 Å². The van der Waals surface area contributed by atoms with Crippen molar-refractivity contribution < 1.29 is 14.6 Å². The van der Waals surface area contributed by atoms with Gasteiger partial charge in [-0.2, -0.15) is 0 Å². The Morgan fingerprint density at radius 3 is 2.76 bits per heavy atom. The number of carboxylic acid groups (broad SMARTS) is 1. The van der Waals surface area contributed by atoms with E-state index < -0.39 is 5.97 Å². The number of carbonyl (C=O) groups is 1. The Kier molecular flexibility index (Phi) is 4.36. The highest BCUT2D eigenvalue weighted by Crippen LogP contribution is 2.19. The third kappa shape index (κ3) is 3.18. The van der Waals surface area contributed by atoms with E-state index in [4.69, 9.17) is 9.84 Å². The lowest BCUT2D eigenvalue weighted by Crippen LogP contribution is -2.43. The maximum atomic E-state index is 11.1. The van der Waals surface area contributed by atoms with Crippen LogP contribution in [0.1, 0.15) is 12.8 Å². The summed E-state index contributed by atoms with van der Waals surface area (Å²) in [6.07, 6.45) is 2.60. The molecule has 0 spiro atoms. The van der Waals surface area contributed by atoms with Gasteiger partial charge in [-0.25, -0.2) is 0 Å². The number of ether oxygens (including phenoxy) is 1. The first-order valence-electron chi connectivity index (χ1n) is 6.41. The van der Waals surface area contributed by atoms with Gasteiger partial charge in [0.2, 0.25) is 0 Å². The van der Waals surface area contributed by atoms with Crippen molar-refractivity contribution in [1.82, 2.24) is 9.80 Å². The number of carboxylic acids is 1. The molecule has 0 aliphatic carbocycles. The Morgan fingerprint density at radius 2 is 2.12 bits per heavy atom. The van der Waals surface area contributed by atoms with Crippen LogP contribution in [0.3, 0.4) is 0 Å². The third-order valence-electron chi connectivity index (χ3n) is 3.90. The van der Waals surface area contributed by atoms with Crippen molar-refractivity contribution in [2.75, 3.05) is 46.4 Å². The van der Waals surface area contributed by atoms with Crippen LogP contribution in [-0.2, 0) is 9.53 Å². The summed E-state index contributed by atoms with van der Waals surface area (Å²) in [4.78, 5) is 15.6. The van der Waals surface area contributed by atoms with Crippen molar-refractivity contribution in [3.63, 3.8) is 0 Å². The number of likely N-dealkylation sites (N-methyl/N-ethyl adjacent to an activating group) is 1. The van der Waals surface area contributed by atoms with Crippen molar-refractivity contribution in [1.29, 1.82) is 0 Å². The molecule has 5 heteroatoms. The molecule has 2 rings (SSSR count). The molecule has 0 amide bonds. The van der Waals surface area contributed by atoms with E-state index in [0.717, 1.165) is 13.1 Å². The summed E-state index contributed by atoms with van der Waals surface area (Å²) < 4.78 is 5.29. The molecule has 0 aromatic carbocycles. The molecule has 98 valence electrons. The number of hydrogen-bond donors (Lipinski definition) is 1. The number of aliphatic carboxylic acids is 1. The van der Waals surface area contributed by atoms with E-state index in [1.54, 1.807) is 0 Å². The van der Waals surface area contributed by atoms with E-state index in [1.165, 1.54) is 25.9 Å². The molecule has 1 N–H and O–H groups in total. The van der Waals surface area contributed by atoms with Gasteiger partial charge >= 0.3 is 5.97 Å². The number of rotatable bonds is 5. The Bertz CT molecular complexity index is 266. The monoisotopic (exact) mass is 242 g/mol. The summed E-state index contributed by atoms with van der Waals surface area (Å²) in [7, 11) is 2.01. The highest BCUT2D eigenvalue weighted by atomic mass is 16.5. The molecule has 2 heterocycles. The van der Waals surface area contributed by atoms with Gasteiger partial charge in [-0.15, -0.1) is 0 Å². The summed E-state index contributed by atoms with van der Waals surface area (Å²) in [5.41, 5.74) is 0. The Hall–Kier alpha value is -0.650. The first-order chi connectivity index (χ1) is 8.18. The average Bonchev–Trinajstić information content (AvgIpc) is 2.96. The average molecular weight is 242 g/mol. The van der Waals surface area contributed by atoms with Gasteiger partial charge in [-0.3, -0.25) is 9.69 Å². The van der Waals surface area contributed by atoms with Gasteiger partial charge in [0.15, 0.2) is 0 Å². The summed E-state index contributed by atoms with van der Waals surface area (Å²) in [6.45, 7) is 5.26. The van der Waals surface area contributed by atoms with E-state index in [0.29, 0.717) is 13.2 Å². The highest BCUT2D eigenvalue weighted by Gasteiger charge is 2.36. The molecule has 0 bridgehead atoms. The zero-order valence-electron chi connectivity index (χ0n) is 10.5. The third-order valence-corrected chi connectivity index (χ3v) is 3.90. The second kappa shape index (κ2) is 5.80. The molecular formula is C12H22N2O3. The van der Waals surface area contributed by atoms with Gasteiger partial charge in [0, 0.05) is 19.1 Å². The minimum absolute atomic E-state index is 0.0371. The molecule has 2 aliphatic rings. The van der Waals surface area contributed by atoms with Crippen LogP contribution in [0.2, 0.25) is 0 Å². The summed E-state index contributed by atoms with van der Waals surface area (Å²) in [5, 5.41) is 9.10. The fraction of sp³-hybridized carbons (Fsp3) is 0.917. The van der Waals surface area contributed by atoms with Crippen LogP contribution in [0.4, 0.5) is 0 Å². The molecule has 2 aliphatic heterocycles. The lowest BCUT2D eigenvalue weighted by atomic mass is 10.0. The second-order valence-electron chi connectivity index (χ2n) is 5.08. The molecule has 0 radical (unpaired) electrons. The van der Waals surface area contributed by atoms with Gasteiger partial charge in [0.1, 0.15) is 0 Å². The first-order valence-corrected chi connectivity index (χ1v) is 6.41. The number of likely N-dealkylation sites (tertiary alicyclic amines) is 1. The fourth-order valence-electron chi connectivity index (χ4n) is 2.68. The molecule has 0 aromatic rings. The van der Waals surface area contributed by atoms with E-state index in [-0.39, 0.29) is 12.0 Å². The van der Waals surface area contributed by atoms with Crippen molar-refractivity contribution >= 4 is 5.97 Å². The summed E-state index contributed by atoms with van der Waals surface area (Å²) in [5.74, 6) is -1.10. The lowest BCUT2D eigenvalue weighted by Gasteiger charge is -2.28. The van der Waals surface area contributed by atoms with Crippen molar-refractivity contribution in [3.8, 4) is 0 Å². The summed E-state index contributed by atoms with van der Waals surface area (Å²) in [6, 6.07) is 0.0371. The Balaban J connectivity index is 1.77. The van der Waals surface area contributed by atoms with Gasteiger partial charge in [0.25, 0.3) is 0 Å². The molecule has 2 saturated heterocycles. The summed E-state index contributed by atoms with van der Waals surface area (Å²) >= 11 is 0. The molecular weight excluding hydrogens is 220 g/mol. The first kappa shape index (κ1) is 12.8. The maximum absolute atomic E-state index is 11.1. The molecule has 2 fully saturated rings. The Morgan fingerprint density at radius 1 is 1.41 bits per heavy atom. The van der Waals surface area contributed by atoms with E-state index in [2.05, 4.69) is 9.80 Å². The topological polar surface area (TPSA) is 53.0 Å². The van der Waals surface area contributed by atoms with Crippen LogP contribution in [0.25, 0.3) is 0 Å². The van der Waals surface area contributed by atoms with Crippen LogP contribution in [0, 0.1) is 5.92 Å². The molecule has 0 saturated carbocycles. The SMILES string of the molecule is CN(CCN1CCCC1)C1COCC1C(=O)O. The van der Waals surface area contributed by atoms with E-state index >= 15 is 0 Å². The van der Waals surface area contributed by atoms with Gasteiger partial charge in [0.05, 0.1) is 19.1 Å². The fourth-order valence-corrected chi connectivity index (χ4v) is 2.68. The molecule has 0 aromatic heterocycles. The standard InChI is InChI=1S/C12H22N2O3/c1-13(6-7-14-4-2-3-5-14)11-9-17-8-10(11)12(15)16/h10-11H,2-9H2,1H3,(H,15,16). The zero-order valence-corrected chi connectivity index (χ0v) is 10.5. The molecule has 5 nitrogen and oxygen atoms in total. The maximum Gasteiger partial charge on any atom is 0.310 e. The van der Waals surface area contributed by atoms with Crippen molar-refractivity contribution in [3.05, 3.63) is 0 Å².